The lowest BCUT2D eigenvalue weighted by Crippen LogP contribution is -2.07. The van der Waals surface area contributed by atoms with E-state index in [0.717, 1.165) is 12.8 Å². The van der Waals surface area contributed by atoms with Crippen molar-refractivity contribution in [2.45, 2.75) is 45.4 Å². The maximum atomic E-state index is 11.3. The molecule has 0 aromatic carbocycles. The highest BCUT2D eigenvalue weighted by Gasteiger charge is 2.16. The van der Waals surface area contributed by atoms with E-state index in [0.29, 0.717) is 6.42 Å². The fourth-order valence-corrected chi connectivity index (χ4v) is 1.72. The second-order valence-corrected chi connectivity index (χ2v) is 6.10. The Kier molecular flexibility index (Phi) is 8.81. The topological polar surface area (TPSA) is 52.6 Å². The minimum absolute atomic E-state index is 0.00405. The van der Waals surface area contributed by atoms with Crippen molar-refractivity contribution in [3.8, 4) is 0 Å². The van der Waals surface area contributed by atoms with Gasteiger partial charge in [-0.25, -0.2) is 0 Å². The first-order valence-corrected chi connectivity index (χ1v) is 7.80. The molecular formula is C11H23O4P. The van der Waals surface area contributed by atoms with E-state index >= 15 is 0 Å². The summed E-state index contributed by atoms with van der Waals surface area (Å²) < 4.78 is 20.8. The van der Waals surface area contributed by atoms with Gasteiger partial charge in [-0.2, -0.15) is 0 Å². The van der Waals surface area contributed by atoms with Gasteiger partial charge in [-0.05, 0) is 6.42 Å². The summed E-state index contributed by atoms with van der Waals surface area (Å²) in [6.07, 6.45) is 6.07. The van der Waals surface area contributed by atoms with Crippen LogP contribution in [0.2, 0.25) is 0 Å². The number of carbonyl (C=O) groups excluding carboxylic acids is 1. The lowest BCUT2D eigenvalue weighted by atomic mass is 10.1. The van der Waals surface area contributed by atoms with Crippen LogP contribution in [0.25, 0.3) is 0 Å². The molecule has 96 valence electrons. The van der Waals surface area contributed by atoms with Crippen LogP contribution in [0, 0.1) is 0 Å². The van der Waals surface area contributed by atoms with Crippen molar-refractivity contribution in [2.75, 3.05) is 20.4 Å². The van der Waals surface area contributed by atoms with Gasteiger partial charge in [0.25, 0.3) is 0 Å². The van der Waals surface area contributed by atoms with Crippen LogP contribution in [-0.4, -0.2) is 26.2 Å². The Morgan fingerprint density at radius 1 is 1.19 bits per heavy atom. The molecule has 0 aliphatic rings. The molecule has 4 nitrogen and oxygen atoms in total. The molecule has 0 radical (unpaired) electrons. The van der Waals surface area contributed by atoms with Crippen LogP contribution in [0.1, 0.15) is 45.4 Å². The van der Waals surface area contributed by atoms with E-state index in [9.17, 15) is 9.36 Å². The lowest BCUT2D eigenvalue weighted by Gasteiger charge is -2.10. The van der Waals surface area contributed by atoms with E-state index in [1.807, 2.05) is 0 Å². The van der Waals surface area contributed by atoms with Crippen molar-refractivity contribution in [3.63, 3.8) is 0 Å². The minimum atomic E-state index is -3.00. The SMILES string of the molecule is CCCCCCCC(=O)COP(C)(=O)OC. The third kappa shape index (κ3) is 9.08. The van der Waals surface area contributed by atoms with Crippen LogP contribution < -0.4 is 0 Å². The monoisotopic (exact) mass is 250 g/mol. The summed E-state index contributed by atoms with van der Waals surface area (Å²) in [6.45, 7) is 3.42. The molecule has 16 heavy (non-hydrogen) atoms. The summed E-state index contributed by atoms with van der Waals surface area (Å²) >= 11 is 0. The molecule has 0 rings (SSSR count). The van der Waals surface area contributed by atoms with Crippen molar-refractivity contribution in [2.24, 2.45) is 0 Å². The van der Waals surface area contributed by atoms with Gasteiger partial charge in [0.2, 0.25) is 0 Å². The number of Topliss-reactive ketones (excluding diaryl/α,β-unsaturated/α-hetero) is 1. The third-order valence-electron chi connectivity index (χ3n) is 2.35. The van der Waals surface area contributed by atoms with Crippen molar-refractivity contribution < 1.29 is 18.4 Å². The average molecular weight is 250 g/mol. The van der Waals surface area contributed by atoms with Crippen LogP contribution in [0.15, 0.2) is 0 Å². The zero-order valence-corrected chi connectivity index (χ0v) is 11.4. The molecule has 0 saturated heterocycles. The Labute approximate surface area is 98.2 Å². The van der Waals surface area contributed by atoms with Gasteiger partial charge >= 0.3 is 7.60 Å². The normalized spacial score (nSPS) is 14.7. The number of carbonyl (C=O) groups is 1. The lowest BCUT2D eigenvalue weighted by molar-refractivity contribution is -0.121. The molecule has 0 aromatic rings. The van der Waals surface area contributed by atoms with Gasteiger partial charge in [-0.15, -0.1) is 0 Å². The molecule has 0 saturated carbocycles. The Morgan fingerprint density at radius 3 is 2.38 bits per heavy atom. The van der Waals surface area contributed by atoms with Crippen molar-refractivity contribution in [3.05, 3.63) is 0 Å². The summed E-state index contributed by atoms with van der Waals surface area (Å²) in [5, 5.41) is 0. The smallest absolute Gasteiger partial charge is 0.312 e. The molecule has 0 aromatic heterocycles. The number of rotatable bonds is 10. The molecule has 0 N–H and O–H groups in total. The van der Waals surface area contributed by atoms with Gasteiger partial charge in [0, 0.05) is 20.2 Å². The highest BCUT2D eigenvalue weighted by molar-refractivity contribution is 7.52. The number of hydrogen-bond donors (Lipinski definition) is 0. The third-order valence-corrected chi connectivity index (χ3v) is 3.61. The standard InChI is InChI=1S/C11H23O4P/c1-4-5-6-7-8-9-11(12)10-15-16(3,13)14-2/h4-10H2,1-3H3. The summed E-state index contributed by atoms with van der Waals surface area (Å²) in [5.41, 5.74) is 0. The van der Waals surface area contributed by atoms with Gasteiger partial charge in [0.05, 0.1) is 0 Å². The fourth-order valence-electron chi connectivity index (χ4n) is 1.24. The Morgan fingerprint density at radius 2 is 1.81 bits per heavy atom. The van der Waals surface area contributed by atoms with E-state index in [2.05, 4.69) is 11.4 Å². The quantitative estimate of drug-likeness (QED) is 0.440. The highest BCUT2D eigenvalue weighted by Crippen LogP contribution is 2.42. The van der Waals surface area contributed by atoms with Gasteiger partial charge in [-0.1, -0.05) is 32.6 Å². The predicted molar refractivity (Wildman–Crippen MR) is 64.9 cm³/mol. The number of hydrogen-bond acceptors (Lipinski definition) is 4. The molecule has 0 heterocycles. The average Bonchev–Trinajstić information content (AvgIpc) is 2.26. The van der Waals surface area contributed by atoms with Crippen molar-refractivity contribution in [1.82, 2.24) is 0 Å². The number of unbranched alkanes of at least 4 members (excludes halogenated alkanes) is 4. The second kappa shape index (κ2) is 8.91. The highest BCUT2D eigenvalue weighted by atomic mass is 31.2. The van der Waals surface area contributed by atoms with Crippen LogP contribution in [0.4, 0.5) is 0 Å². The maximum Gasteiger partial charge on any atom is 0.327 e. The van der Waals surface area contributed by atoms with Gasteiger partial charge < -0.3 is 9.05 Å². The Bertz CT molecular complexity index is 240. The molecule has 0 amide bonds. The molecule has 1 unspecified atom stereocenters. The van der Waals surface area contributed by atoms with E-state index in [1.54, 1.807) is 0 Å². The zero-order chi connectivity index (χ0) is 12.4. The van der Waals surface area contributed by atoms with E-state index in [-0.39, 0.29) is 12.4 Å². The van der Waals surface area contributed by atoms with Crippen molar-refractivity contribution >= 4 is 13.4 Å². The predicted octanol–water partition coefficient (Wildman–Crippen LogP) is 3.40. The minimum Gasteiger partial charge on any atom is -0.312 e. The van der Waals surface area contributed by atoms with Crippen LogP contribution in [0.5, 0.6) is 0 Å². The fraction of sp³-hybridized carbons (Fsp3) is 0.909. The summed E-state index contributed by atoms with van der Waals surface area (Å²) in [7, 11) is -1.68. The van der Waals surface area contributed by atoms with Crippen LogP contribution in [0.3, 0.4) is 0 Å². The summed E-state index contributed by atoms with van der Waals surface area (Å²) in [4.78, 5) is 11.3. The second-order valence-electron chi connectivity index (χ2n) is 3.93. The molecule has 0 bridgehead atoms. The molecule has 0 fully saturated rings. The Hall–Kier alpha value is -0.180. The summed E-state index contributed by atoms with van der Waals surface area (Å²) in [5.74, 6) is -0.00405. The van der Waals surface area contributed by atoms with E-state index in [1.165, 1.54) is 33.0 Å². The van der Waals surface area contributed by atoms with E-state index < -0.39 is 7.60 Å². The van der Waals surface area contributed by atoms with Crippen LogP contribution in [-0.2, 0) is 18.4 Å². The van der Waals surface area contributed by atoms with Gasteiger partial charge in [0.1, 0.15) is 6.61 Å². The van der Waals surface area contributed by atoms with Gasteiger partial charge in [-0.3, -0.25) is 9.36 Å². The molecular weight excluding hydrogens is 227 g/mol. The summed E-state index contributed by atoms with van der Waals surface area (Å²) in [6, 6.07) is 0. The molecule has 0 aliphatic heterocycles. The van der Waals surface area contributed by atoms with Gasteiger partial charge in [0.15, 0.2) is 5.78 Å². The zero-order valence-electron chi connectivity index (χ0n) is 10.5. The Balaban J connectivity index is 3.49. The first kappa shape index (κ1) is 15.8. The molecule has 0 aliphatic carbocycles. The van der Waals surface area contributed by atoms with E-state index in [4.69, 9.17) is 4.52 Å². The largest absolute Gasteiger partial charge is 0.327 e. The first-order valence-electron chi connectivity index (χ1n) is 5.81. The molecule has 0 spiro atoms. The van der Waals surface area contributed by atoms with Crippen LogP contribution >= 0.6 is 7.60 Å². The number of ketones is 1. The molecule has 1 atom stereocenters. The maximum absolute atomic E-state index is 11.3. The van der Waals surface area contributed by atoms with Crippen molar-refractivity contribution in [1.29, 1.82) is 0 Å². The first-order chi connectivity index (χ1) is 7.52. The molecule has 5 heteroatoms.